The van der Waals surface area contributed by atoms with Crippen LogP contribution in [0.25, 0.3) is 0 Å². The summed E-state index contributed by atoms with van der Waals surface area (Å²) in [7, 11) is 0. The van der Waals surface area contributed by atoms with Crippen LogP contribution in [0, 0.1) is 0 Å². The summed E-state index contributed by atoms with van der Waals surface area (Å²) in [4.78, 5) is 11.8. The predicted octanol–water partition coefficient (Wildman–Crippen LogP) is 2.23. The largest absolute Gasteiger partial charge is 0.507 e. The van der Waals surface area contributed by atoms with E-state index in [-0.39, 0.29) is 17.7 Å². The molecular weight excluding hydrogens is 214 g/mol. The normalized spacial score (nSPS) is 17.6. The van der Waals surface area contributed by atoms with Gasteiger partial charge in [0.2, 0.25) is 0 Å². The predicted molar refractivity (Wildman–Crippen MR) is 63.9 cm³/mol. The molecule has 0 bridgehead atoms. The molecule has 1 aliphatic heterocycles. The zero-order valence-electron chi connectivity index (χ0n) is 9.05. The van der Waals surface area contributed by atoms with Gasteiger partial charge in [-0.3, -0.25) is 4.79 Å². The van der Waals surface area contributed by atoms with E-state index in [1.807, 2.05) is 36.4 Å². The van der Waals surface area contributed by atoms with Gasteiger partial charge in [0.25, 0.3) is 5.91 Å². The molecule has 3 heteroatoms. The highest BCUT2D eigenvalue weighted by atomic mass is 16.3. The summed E-state index contributed by atoms with van der Waals surface area (Å²) in [6, 6.07) is 14.7. The van der Waals surface area contributed by atoms with Gasteiger partial charge in [-0.25, -0.2) is 0 Å². The zero-order valence-corrected chi connectivity index (χ0v) is 9.05. The lowest BCUT2D eigenvalue weighted by molar-refractivity contribution is 0.0958. The van der Waals surface area contributed by atoms with Crippen LogP contribution in [0.5, 0.6) is 5.75 Å². The molecule has 0 saturated heterocycles. The number of carbonyl (C=O) groups is 1. The number of carbonyl (C=O) groups excluding carboxylic acids is 1. The van der Waals surface area contributed by atoms with Crippen molar-refractivity contribution < 1.29 is 9.90 Å². The van der Waals surface area contributed by atoms with Crippen LogP contribution in [0.4, 0.5) is 0 Å². The first-order chi connectivity index (χ1) is 8.27. The summed E-state index contributed by atoms with van der Waals surface area (Å²) in [6.45, 7) is 0. The Kier molecular flexibility index (Phi) is 2.11. The number of aromatic hydroxyl groups is 1. The number of phenolic OH excluding ortho intramolecular Hbond substituents is 1. The standard InChI is InChI=1S/C14H11NO2/c16-11-8-4-7-10-12(11)14(17)15-13(10)9-5-2-1-3-6-9/h1-8,13,16H,(H,15,17). The van der Waals surface area contributed by atoms with Gasteiger partial charge in [0.05, 0.1) is 11.6 Å². The summed E-state index contributed by atoms with van der Waals surface area (Å²) in [5, 5.41) is 12.6. The molecule has 1 aliphatic rings. The second-order valence-electron chi connectivity index (χ2n) is 4.06. The van der Waals surface area contributed by atoms with Crippen molar-refractivity contribution in [2.45, 2.75) is 6.04 Å². The summed E-state index contributed by atoms with van der Waals surface area (Å²) in [5.74, 6) is -0.176. The number of nitrogens with one attached hydrogen (secondary N) is 1. The van der Waals surface area contributed by atoms with Gasteiger partial charge in [0, 0.05) is 0 Å². The first-order valence-electron chi connectivity index (χ1n) is 5.45. The van der Waals surface area contributed by atoms with Crippen molar-refractivity contribution in [3.8, 4) is 5.75 Å². The lowest BCUT2D eigenvalue weighted by atomic mass is 9.98. The van der Waals surface area contributed by atoms with E-state index >= 15 is 0 Å². The Morgan fingerprint density at radius 2 is 1.76 bits per heavy atom. The molecule has 1 heterocycles. The molecule has 0 aliphatic carbocycles. The highest BCUT2D eigenvalue weighted by Gasteiger charge is 2.31. The van der Waals surface area contributed by atoms with Crippen LogP contribution in [0.2, 0.25) is 0 Å². The Labute approximate surface area is 98.7 Å². The Morgan fingerprint density at radius 1 is 1.00 bits per heavy atom. The Morgan fingerprint density at radius 3 is 2.53 bits per heavy atom. The van der Waals surface area contributed by atoms with Crippen molar-refractivity contribution in [2.24, 2.45) is 0 Å². The number of fused-ring (bicyclic) bond motifs is 1. The first-order valence-corrected chi connectivity index (χ1v) is 5.45. The first kappa shape index (κ1) is 9.90. The highest BCUT2D eigenvalue weighted by molar-refractivity contribution is 6.02. The number of amides is 1. The van der Waals surface area contributed by atoms with Crippen LogP contribution in [0.3, 0.4) is 0 Å². The van der Waals surface area contributed by atoms with Crippen LogP contribution >= 0.6 is 0 Å². The molecule has 17 heavy (non-hydrogen) atoms. The molecular formula is C14H11NO2. The van der Waals surface area contributed by atoms with Gasteiger partial charge >= 0.3 is 0 Å². The molecule has 2 N–H and O–H groups in total. The van der Waals surface area contributed by atoms with Crippen LogP contribution in [0.1, 0.15) is 27.5 Å². The fraction of sp³-hybridized carbons (Fsp3) is 0.0714. The molecule has 1 atom stereocenters. The SMILES string of the molecule is O=C1NC(c2ccccc2)c2cccc(O)c21. The van der Waals surface area contributed by atoms with Gasteiger partial charge in [-0.1, -0.05) is 42.5 Å². The summed E-state index contributed by atoms with van der Waals surface area (Å²) in [5.41, 5.74) is 2.24. The fourth-order valence-electron chi connectivity index (χ4n) is 2.23. The van der Waals surface area contributed by atoms with Gasteiger partial charge in [0.15, 0.2) is 0 Å². The molecule has 2 aromatic carbocycles. The van der Waals surface area contributed by atoms with Crippen LogP contribution in [-0.4, -0.2) is 11.0 Å². The molecule has 84 valence electrons. The number of rotatable bonds is 1. The van der Waals surface area contributed by atoms with E-state index in [2.05, 4.69) is 5.32 Å². The lowest BCUT2D eigenvalue weighted by Gasteiger charge is -2.11. The Bertz CT molecular complexity index is 578. The van der Waals surface area contributed by atoms with Crippen LogP contribution < -0.4 is 5.32 Å². The fourth-order valence-corrected chi connectivity index (χ4v) is 2.23. The van der Waals surface area contributed by atoms with E-state index in [1.54, 1.807) is 6.07 Å². The number of hydrogen-bond acceptors (Lipinski definition) is 2. The topological polar surface area (TPSA) is 49.3 Å². The molecule has 2 aromatic rings. The second-order valence-corrected chi connectivity index (χ2v) is 4.06. The van der Waals surface area contributed by atoms with Crippen molar-refractivity contribution in [1.82, 2.24) is 5.32 Å². The maximum absolute atomic E-state index is 11.8. The third-order valence-electron chi connectivity index (χ3n) is 3.02. The van der Waals surface area contributed by atoms with E-state index in [9.17, 15) is 9.90 Å². The van der Waals surface area contributed by atoms with Gasteiger partial charge in [0.1, 0.15) is 5.75 Å². The third-order valence-corrected chi connectivity index (χ3v) is 3.02. The van der Waals surface area contributed by atoms with E-state index in [1.165, 1.54) is 6.07 Å². The average Bonchev–Trinajstić information content (AvgIpc) is 2.69. The van der Waals surface area contributed by atoms with Gasteiger partial charge < -0.3 is 10.4 Å². The molecule has 1 unspecified atom stereocenters. The lowest BCUT2D eigenvalue weighted by Crippen LogP contribution is -2.19. The molecule has 0 fully saturated rings. The summed E-state index contributed by atoms with van der Waals surface area (Å²) >= 11 is 0. The van der Waals surface area contributed by atoms with E-state index in [4.69, 9.17) is 0 Å². The van der Waals surface area contributed by atoms with Crippen molar-refractivity contribution in [1.29, 1.82) is 0 Å². The van der Waals surface area contributed by atoms with Crippen LogP contribution in [-0.2, 0) is 0 Å². The van der Waals surface area contributed by atoms with Crippen LogP contribution in [0.15, 0.2) is 48.5 Å². The highest BCUT2D eigenvalue weighted by Crippen LogP contribution is 2.35. The minimum absolute atomic E-state index is 0.0402. The Balaban J connectivity index is 2.14. The van der Waals surface area contributed by atoms with E-state index in [0.717, 1.165) is 11.1 Å². The molecule has 0 saturated carbocycles. The number of benzene rings is 2. The number of phenols is 1. The molecule has 0 aromatic heterocycles. The molecule has 0 spiro atoms. The minimum atomic E-state index is -0.216. The van der Waals surface area contributed by atoms with Crippen molar-refractivity contribution in [3.63, 3.8) is 0 Å². The maximum atomic E-state index is 11.8. The van der Waals surface area contributed by atoms with Gasteiger partial charge in [-0.2, -0.15) is 0 Å². The summed E-state index contributed by atoms with van der Waals surface area (Å²) < 4.78 is 0. The molecule has 3 nitrogen and oxygen atoms in total. The van der Waals surface area contributed by atoms with Gasteiger partial charge in [-0.05, 0) is 17.2 Å². The molecule has 1 amide bonds. The monoisotopic (exact) mass is 225 g/mol. The van der Waals surface area contributed by atoms with Gasteiger partial charge in [-0.15, -0.1) is 0 Å². The second kappa shape index (κ2) is 3.63. The number of hydrogen-bond donors (Lipinski definition) is 2. The van der Waals surface area contributed by atoms with E-state index in [0.29, 0.717) is 5.56 Å². The maximum Gasteiger partial charge on any atom is 0.256 e. The molecule has 0 radical (unpaired) electrons. The smallest absolute Gasteiger partial charge is 0.256 e. The average molecular weight is 225 g/mol. The van der Waals surface area contributed by atoms with E-state index < -0.39 is 0 Å². The van der Waals surface area contributed by atoms with Crippen molar-refractivity contribution in [3.05, 3.63) is 65.2 Å². The minimum Gasteiger partial charge on any atom is -0.507 e. The third kappa shape index (κ3) is 1.47. The summed E-state index contributed by atoms with van der Waals surface area (Å²) in [6.07, 6.45) is 0. The molecule has 3 rings (SSSR count). The quantitative estimate of drug-likeness (QED) is 0.781. The van der Waals surface area contributed by atoms with Crippen molar-refractivity contribution >= 4 is 5.91 Å². The zero-order chi connectivity index (χ0) is 11.8. The van der Waals surface area contributed by atoms with Crippen molar-refractivity contribution in [2.75, 3.05) is 0 Å². The Hall–Kier alpha value is -2.29.